The Hall–Kier alpha value is -3.99. The topological polar surface area (TPSA) is 106 Å². The number of benzene rings is 1. The van der Waals surface area contributed by atoms with Gasteiger partial charge in [-0.05, 0) is 31.4 Å². The maximum absolute atomic E-state index is 13.3. The Balaban J connectivity index is 1.39. The molecular formula is C25H20F2N6O3. The summed E-state index contributed by atoms with van der Waals surface area (Å²) in [4.78, 5) is 32.8. The third-order valence-corrected chi connectivity index (χ3v) is 7.42. The number of hydrogen-bond acceptors (Lipinski definition) is 7. The summed E-state index contributed by atoms with van der Waals surface area (Å²) in [7, 11) is 1.70. The average molecular weight is 490 g/mol. The normalized spacial score (nSPS) is 21.5. The van der Waals surface area contributed by atoms with E-state index >= 15 is 0 Å². The number of fused-ring (bicyclic) bond motifs is 9. The maximum Gasteiger partial charge on any atom is 0.387 e. The number of nitrogens with zero attached hydrogens (tertiary/aromatic N) is 6. The zero-order chi connectivity index (χ0) is 24.8. The standard InChI is InChI=1S/C25H20F2N6O3/c1-32-16-7-15(18-14(21(32)34)3-2-4-17(18)36-23(26)27)20-19(16)31-24-30-10-13(11-33(20)24)12-8-28-22(29-9-12)25(35)5-6-25/h2-4,8-11,15-16,23,35H,5-7H2,1H3. The van der Waals surface area contributed by atoms with Gasteiger partial charge in [0.15, 0.2) is 5.82 Å². The zero-order valence-corrected chi connectivity index (χ0v) is 19.1. The van der Waals surface area contributed by atoms with Crippen LogP contribution in [0.3, 0.4) is 0 Å². The molecule has 1 N–H and O–H groups in total. The van der Waals surface area contributed by atoms with Crippen molar-refractivity contribution in [1.29, 1.82) is 0 Å². The molecule has 11 heteroatoms. The number of imidazole rings is 1. The van der Waals surface area contributed by atoms with Gasteiger partial charge < -0.3 is 14.7 Å². The first-order valence-corrected chi connectivity index (χ1v) is 11.6. The third-order valence-electron chi connectivity index (χ3n) is 7.42. The van der Waals surface area contributed by atoms with Crippen LogP contribution >= 0.6 is 0 Å². The zero-order valence-electron chi connectivity index (χ0n) is 19.1. The minimum atomic E-state index is -3.02. The molecule has 3 aromatic heterocycles. The summed E-state index contributed by atoms with van der Waals surface area (Å²) in [5, 5.41) is 10.3. The highest BCUT2D eigenvalue weighted by Gasteiger charge is 2.47. The Morgan fingerprint density at radius 1 is 1.14 bits per heavy atom. The van der Waals surface area contributed by atoms with E-state index in [0.717, 1.165) is 11.3 Å². The summed E-state index contributed by atoms with van der Waals surface area (Å²) >= 11 is 0. The van der Waals surface area contributed by atoms with Crippen LogP contribution in [-0.2, 0) is 5.60 Å². The second-order valence-electron chi connectivity index (χ2n) is 9.54. The largest absolute Gasteiger partial charge is 0.434 e. The molecule has 7 rings (SSSR count). The van der Waals surface area contributed by atoms with Gasteiger partial charge >= 0.3 is 6.61 Å². The Bertz CT molecular complexity index is 1550. The number of amides is 1. The summed E-state index contributed by atoms with van der Waals surface area (Å²) in [6.45, 7) is -3.02. The highest BCUT2D eigenvalue weighted by atomic mass is 19.3. The molecular weight excluding hydrogens is 470 g/mol. The van der Waals surface area contributed by atoms with Crippen LogP contribution < -0.4 is 4.74 Å². The number of carbonyl (C=O) groups excluding carboxylic acids is 1. The van der Waals surface area contributed by atoms with Crippen molar-refractivity contribution in [1.82, 2.24) is 29.2 Å². The molecule has 9 nitrogen and oxygen atoms in total. The molecule has 0 radical (unpaired) electrons. The number of aromatic nitrogens is 5. The Kier molecular flexibility index (Phi) is 4.30. The second-order valence-corrected chi connectivity index (χ2v) is 9.54. The number of halogens is 2. The molecule has 2 bridgehead atoms. The van der Waals surface area contributed by atoms with Gasteiger partial charge in [0.05, 0.1) is 17.4 Å². The molecule has 182 valence electrons. The molecule has 2 unspecified atom stereocenters. The van der Waals surface area contributed by atoms with E-state index in [-0.39, 0.29) is 17.7 Å². The van der Waals surface area contributed by atoms with Crippen LogP contribution in [0.15, 0.2) is 43.0 Å². The summed E-state index contributed by atoms with van der Waals surface area (Å²) in [5.74, 6) is 0.190. The van der Waals surface area contributed by atoms with Crippen molar-refractivity contribution in [2.75, 3.05) is 7.05 Å². The monoisotopic (exact) mass is 490 g/mol. The molecule has 1 amide bonds. The molecule has 4 heterocycles. The molecule has 3 aliphatic rings. The first-order valence-electron chi connectivity index (χ1n) is 11.6. The molecule has 2 atom stereocenters. The number of rotatable bonds is 4. The van der Waals surface area contributed by atoms with Crippen molar-refractivity contribution >= 4 is 11.7 Å². The van der Waals surface area contributed by atoms with E-state index in [4.69, 9.17) is 9.72 Å². The van der Waals surface area contributed by atoms with Crippen LogP contribution in [0.25, 0.3) is 16.9 Å². The summed E-state index contributed by atoms with van der Waals surface area (Å²) in [5.41, 5.74) is 2.80. The van der Waals surface area contributed by atoms with E-state index in [1.54, 1.807) is 42.7 Å². The minimum absolute atomic E-state index is 0.0104. The van der Waals surface area contributed by atoms with Crippen molar-refractivity contribution in [2.45, 2.75) is 43.4 Å². The van der Waals surface area contributed by atoms with Crippen molar-refractivity contribution in [3.63, 3.8) is 0 Å². The summed E-state index contributed by atoms with van der Waals surface area (Å²) in [6.07, 6.45) is 8.64. The van der Waals surface area contributed by atoms with Gasteiger partial charge in [-0.1, -0.05) is 6.07 Å². The Labute approximate surface area is 203 Å². The lowest BCUT2D eigenvalue weighted by Gasteiger charge is -2.23. The number of alkyl halides is 2. The molecule has 4 aromatic rings. The molecule has 1 aromatic carbocycles. The Morgan fingerprint density at radius 3 is 2.61 bits per heavy atom. The van der Waals surface area contributed by atoms with E-state index in [0.29, 0.717) is 53.2 Å². The van der Waals surface area contributed by atoms with Crippen LogP contribution in [0.4, 0.5) is 8.78 Å². The predicted octanol–water partition coefficient (Wildman–Crippen LogP) is 3.43. The average Bonchev–Trinajstić information content (AvgIpc) is 3.40. The van der Waals surface area contributed by atoms with Gasteiger partial charge in [-0.25, -0.2) is 19.9 Å². The molecule has 1 fully saturated rings. The number of hydrogen-bond donors (Lipinski definition) is 1. The fraction of sp³-hybridized carbons (Fsp3) is 0.320. The third kappa shape index (κ3) is 2.98. The van der Waals surface area contributed by atoms with E-state index in [1.807, 2.05) is 10.6 Å². The Morgan fingerprint density at radius 2 is 1.89 bits per heavy atom. The van der Waals surface area contributed by atoms with Crippen molar-refractivity contribution < 1.29 is 23.4 Å². The van der Waals surface area contributed by atoms with Crippen LogP contribution in [0.2, 0.25) is 0 Å². The van der Waals surface area contributed by atoms with Gasteiger partial charge in [0.1, 0.15) is 11.4 Å². The minimum Gasteiger partial charge on any atom is -0.434 e. The van der Waals surface area contributed by atoms with Crippen LogP contribution in [0.1, 0.15) is 64.4 Å². The number of aliphatic hydroxyl groups is 1. The summed E-state index contributed by atoms with van der Waals surface area (Å²) in [6, 6.07) is 4.34. The van der Waals surface area contributed by atoms with Crippen molar-refractivity contribution in [3.8, 4) is 16.9 Å². The van der Waals surface area contributed by atoms with Crippen LogP contribution in [-0.4, -0.2) is 53.9 Å². The smallest absolute Gasteiger partial charge is 0.387 e. The molecule has 2 aliphatic carbocycles. The quantitative estimate of drug-likeness (QED) is 0.467. The van der Waals surface area contributed by atoms with Gasteiger partial charge in [0.2, 0.25) is 5.78 Å². The predicted molar refractivity (Wildman–Crippen MR) is 122 cm³/mol. The fourth-order valence-electron chi connectivity index (χ4n) is 5.43. The number of carbonyl (C=O) groups is 1. The van der Waals surface area contributed by atoms with E-state index < -0.39 is 18.1 Å². The lowest BCUT2D eigenvalue weighted by molar-refractivity contribution is -0.0506. The number of ether oxygens (including phenoxy) is 1. The van der Waals surface area contributed by atoms with E-state index in [1.165, 1.54) is 6.07 Å². The SMILES string of the molecule is CN1C(=O)c2cccc(OC(F)F)c2C2CC1c1nc3ncc(-c4cnc(C5(O)CC5)nc4)cn3c12. The van der Waals surface area contributed by atoms with Gasteiger partial charge in [-0.3, -0.25) is 9.20 Å². The van der Waals surface area contributed by atoms with Crippen LogP contribution in [0.5, 0.6) is 5.75 Å². The molecule has 0 saturated heterocycles. The van der Waals surface area contributed by atoms with Crippen LogP contribution in [0, 0.1) is 0 Å². The van der Waals surface area contributed by atoms with E-state index in [2.05, 4.69) is 15.0 Å². The van der Waals surface area contributed by atoms with Gasteiger partial charge in [-0.2, -0.15) is 8.78 Å². The first kappa shape index (κ1) is 21.3. The van der Waals surface area contributed by atoms with Gasteiger partial charge in [0.25, 0.3) is 5.91 Å². The van der Waals surface area contributed by atoms with Crippen molar-refractivity contribution in [3.05, 3.63) is 71.3 Å². The first-order chi connectivity index (χ1) is 17.3. The van der Waals surface area contributed by atoms with E-state index in [9.17, 15) is 18.7 Å². The fourth-order valence-corrected chi connectivity index (χ4v) is 5.43. The highest BCUT2D eigenvalue weighted by molar-refractivity contribution is 5.98. The second kappa shape index (κ2) is 7.26. The molecule has 1 aliphatic heterocycles. The van der Waals surface area contributed by atoms with Crippen molar-refractivity contribution in [2.24, 2.45) is 0 Å². The van der Waals surface area contributed by atoms with Gasteiger partial charge in [0, 0.05) is 60.0 Å². The molecule has 36 heavy (non-hydrogen) atoms. The maximum atomic E-state index is 13.3. The lowest BCUT2D eigenvalue weighted by Crippen LogP contribution is -2.30. The lowest BCUT2D eigenvalue weighted by atomic mass is 9.91. The molecule has 1 saturated carbocycles. The summed E-state index contributed by atoms with van der Waals surface area (Å²) < 4.78 is 33.2. The molecule has 0 spiro atoms. The van der Waals surface area contributed by atoms with Gasteiger partial charge in [-0.15, -0.1) is 0 Å². The highest BCUT2D eigenvalue weighted by Crippen LogP contribution is 2.52.